The van der Waals surface area contributed by atoms with Gasteiger partial charge in [-0.1, -0.05) is 35.3 Å². The Morgan fingerprint density at radius 1 is 1.43 bits per heavy atom. The second kappa shape index (κ2) is 4.90. The number of carboxylic acid groups (broad SMARTS) is 1. The first kappa shape index (κ1) is 14.7. The summed E-state index contributed by atoms with van der Waals surface area (Å²) in [5, 5.41) is 10.2. The van der Waals surface area contributed by atoms with E-state index in [1.165, 1.54) is 4.90 Å². The molecule has 6 heteroatoms. The number of fused-ring (bicyclic) bond motifs is 1. The number of hydrogen-bond donors (Lipinski definition) is 1. The molecule has 0 saturated heterocycles. The smallest absolute Gasteiger partial charge is 0.411 e. The molecule has 0 aromatic heterocycles. The normalized spacial score (nSPS) is 30.1. The molecule has 1 aliphatic heterocycles. The number of benzene rings is 1. The number of carbonyl (C=O) groups is 1. The third-order valence-corrected chi connectivity index (χ3v) is 5.29. The highest BCUT2D eigenvalue weighted by molar-refractivity contribution is 6.42. The molecule has 1 aromatic carbocycles. The van der Waals surface area contributed by atoms with E-state index in [-0.39, 0.29) is 10.8 Å². The van der Waals surface area contributed by atoms with Gasteiger partial charge in [0.2, 0.25) is 0 Å². The fourth-order valence-electron chi connectivity index (χ4n) is 3.43. The van der Waals surface area contributed by atoms with Crippen LogP contribution in [0.3, 0.4) is 0 Å². The SMILES string of the molecule is COC[C@@]12CN(C(=O)O)C=C[C@]1(c1ccc(Cl)c(Cl)c1)C2. The van der Waals surface area contributed by atoms with E-state index in [4.69, 9.17) is 27.9 Å². The summed E-state index contributed by atoms with van der Waals surface area (Å²) in [5.74, 6) is 0. The lowest BCUT2D eigenvalue weighted by Crippen LogP contribution is -2.39. The van der Waals surface area contributed by atoms with Gasteiger partial charge in [0.15, 0.2) is 0 Å². The molecule has 1 N–H and O–H groups in total. The van der Waals surface area contributed by atoms with Gasteiger partial charge >= 0.3 is 6.09 Å². The minimum absolute atomic E-state index is 0.219. The van der Waals surface area contributed by atoms with E-state index in [9.17, 15) is 9.90 Å². The lowest BCUT2D eigenvalue weighted by molar-refractivity contribution is 0.0986. The maximum Gasteiger partial charge on any atom is 0.411 e. The predicted octanol–water partition coefficient (Wildman–Crippen LogP) is 3.78. The predicted molar refractivity (Wildman–Crippen MR) is 80.9 cm³/mol. The zero-order valence-electron chi connectivity index (χ0n) is 11.5. The molecule has 0 bridgehead atoms. The molecule has 21 heavy (non-hydrogen) atoms. The van der Waals surface area contributed by atoms with E-state index in [2.05, 4.69) is 0 Å². The van der Waals surface area contributed by atoms with Gasteiger partial charge in [-0.25, -0.2) is 4.79 Å². The molecule has 1 heterocycles. The molecule has 112 valence electrons. The number of nitrogens with zero attached hydrogens (tertiary/aromatic N) is 1. The molecule has 0 radical (unpaired) electrons. The van der Waals surface area contributed by atoms with Gasteiger partial charge in [0.25, 0.3) is 0 Å². The van der Waals surface area contributed by atoms with E-state index >= 15 is 0 Å². The van der Waals surface area contributed by atoms with E-state index in [0.29, 0.717) is 23.2 Å². The van der Waals surface area contributed by atoms with Gasteiger partial charge in [0.1, 0.15) is 0 Å². The van der Waals surface area contributed by atoms with E-state index in [1.54, 1.807) is 19.4 Å². The maximum absolute atomic E-state index is 11.2. The van der Waals surface area contributed by atoms with Crippen molar-refractivity contribution < 1.29 is 14.6 Å². The first-order valence-corrected chi connectivity index (χ1v) is 7.33. The molecule has 2 atom stereocenters. The summed E-state index contributed by atoms with van der Waals surface area (Å²) in [6.07, 6.45) is 3.47. The number of allylic oxidation sites excluding steroid dienone is 1. The van der Waals surface area contributed by atoms with Crippen LogP contribution < -0.4 is 0 Å². The lowest BCUT2D eigenvalue weighted by Gasteiger charge is -2.32. The molecule has 1 saturated carbocycles. The summed E-state index contributed by atoms with van der Waals surface area (Å²) < 4.78 is 5.34. The number of methoxy groups -OCH3 is 1. The van der Waals surface area contributed by atoms with Crippen molar-refractivity contribution in [2.75, 3.05) is 20.3 Å². The van der Waals surface area contributed by atoms with Crippen molar-refractivity contribution >= 4 is 29.3 Å². The Balaban J connectivity index is 2.02. The number of hydrogen-bond acceptors (Lipinski definition) is 2. The summed E-state index contributed by atoms with van der Waals surface area (Å²) in [5.41, 5.74) is 0.602. The number of amides is 1. The van der Waals surface area contributed by atoms with Crippen LogP contribution in [0.2, 0.25) is 10.0 Å². The Labute approximate surface area is 132 Å². The summed E-state index contributed by atoms with van der Waals surface area (Å²) >= 11 is 12.1. The van der Waals surface area contributed by atoms with Crippen molar-refractivity contribution in [3.8, 4) is 0 Å². The van der Waals surface area contributed by atoms with Gasteiger partial charge in [-0.05, 0) is 24.1 Å². The minimum Gasteiger partial charge on any atom is -0.465 e. The Kier molecular flexibility index (Phi) is 3.43. The van der Waals surface area contributed by atoms with Crippen LogP contribution in [0.1, 0.15) is 12.0 Å². The van der Waals surface area contributed by atoms with Crippen molar-refractivity contribution in [2.45, 2.75) is 11.8 Å². The zero-order valence-corrected chi connectivity index (χ0v) is 13.0. The molecule has 1 fully saturated rings. The monoisotopic (exact) mass is 327 g/mol. The molecule has 2 aliphatic rings. The van der Waals surface area contributed by atoms with Crippen LogP contribution in [0.4, 0.5) is 4.79 Å². The van der Waals surface area contributed by atoms with E-state index in [1.807, 2.05) is 18.2 Å². The fraction of sp³-hybridized carbons (Fsp3) is 0.400. The maximum atomic E-state index is 11.2. The summed E-state index contributed by atoms with van der Waals surface area (Å²) in [6, 6.07) is 5.59. The van der Waals surface area contributed by atoms with Gasteiger partial charge in [0.05, 0.1) is 16.7 Å². The molecule has 0 spiro atoms. The highest BCUT2D eigenvalue weighted by Gasteiger charge is 2.68. The lowest BCUT2D eigenvalue weighted by atomic mass is 9.84. The van der Waals surface area contributed by atoms with Crippen LogP contribution in [0.15, 0.2) is 30.5 Å². The van der Waals surface area contributed by atoms with Crippen molar-refractivity contribution in [1.82, 2.24) is 4.90 Å². The number of rotatable bonds is 3. The Morgan fingerprint density at radius 3 is 2.81 bits per heavy atom. The Hall–Kier alpha value is -1.23. The molecule has 1 aromatic rings. The van der Waals surface area contributed by atoms with Crippen LogP contribution in [0.5, 0.6) is 0 Å². The van der Waals surface area contributed by atoms with Crippen LogP contribution in [-0.4, -0.2) is 36.4 Å². The summed E-state index contributed by atoms with van der Waals surface area (Å²) in [6.45, 7) is 0.925. The van der Waals surface area contributed by atoms with Crippen LogP contribution in [0, 0.1) is 5.41 Å². The number of halogens is 2. The van der Waals surface area contributed by atoms with Crippen molar-refractivity contribution in [3.05, 3.63) is 46.1 Å². The van der Waals surface area contributed by atoms with Gasteiger partial charge in [-0.2, -0.15) is 0 Å². The van der Waals surface area contributed by atoms with Crippen molar-refractivity contribution in [3.63, 3.8) is 0 Å². The molecule has 3 rings (SSSR count). The summed E-state index contributed by atoms with van der Waals surface area (Å²) in [4.78, 5) is 12.5. The highest BCUT2D eigenvalue weighted by Crippen LogP contribution is 2.67. The first-order chi connectivity index (χ1) is 9.94. The van der Waals surface area contributed by atoms with E-state index < -0.39 is 6.09 Å². The third-order valence-electron chi connectivity index (χ3n) is 4.55. The Bertz CT molecular complexity index is 633. The number of ether oxygens (including phenoxy) is 1. The average molecular weight is 328 g/mol. The van der Waals surface area contributed by atoms with Crippen molar-refractivity contribution in [2.24, 2.45) is 5.41 Å². The molecular weight excluding hydrogens is 313 g/mol. The summed E-state index contributed by atoms with van der Waals surface area (Å²) in [7, 11) is 1.64. The van der Waals surface area contributed by atoms with Crippen LogP contribution >= 0.6 is 23.2 Å². The highest BCUT2D eigenvalue weighted by atomic mass is 35.5. The molecule has 1 aliphatic carbocycles. The van der Waals surface area contributed by atoms with Gasteiger partial charge in [-0.3, -0.25) is 4.90 Å². The molecule has 4 nitrogen and oxygen atoms in total. The quantitative estimate of drug-likeness (QED) is 0.919. The van der Waals surface area contributed by atoms with Gasteiger partial charge < -0.3 is 9.84 Å². The molecule has 1 amide bonds. The van der Waals surface area contributed by atoms with Crippen LogP contribution in [0.25, 0.3) is 0 Å². The fourth-order valence-corrected chi connectivity index (χ4v) is 3.73. The zero-order chi connectivity index (χ0) is 15.3. The molecule has 0 unspecified atom stereocenters. The Morgan fingerprint density at radius 2 is 2.19 bits per heavy atom. The second-order valence-electron chi connectivity index (χ2n) is 5.72. The first-order valence-electron chi connectivity index (χ1n) is 6.57. The van der Waals surface area contributed by atoms with Gasteiger partial charge in [-0.15, -0.1) is 0 Å². The minimum atomic E-state index is -0.948. The largest absolute Gasteiger partial charge is 0.465 e. The van der Waals surface area contributed by atoms with Gasteiger partial charge in [0, 0.05) is 30.7 Å². The molecular formula is C15H15Cl2NO3. The van der Waals surface area contributed by atoms with Crippen LogP contribution in [-0.2, 0) is 10.2 Å². The second-order valence-corrected chi connectivity index (χ2v) is 6.53. The third kappa shape index (κ3) is 2.13. The average Bonchev–Trinajstić information content (AvgIpc) is 3.11. The standard InChI is InChI=1S/C15H15Cl2NO3/c1-21-9-14-7-15(14,4-5-18(8-14)13(19)20)10-2-3-11(16)12(17)6-10/h2-6H,7-9H2,1H3,(H,19,20)/t14-,15-/m1/s1. The van der Waals surface area contributed by atoms with Crippen molar-refractivity contribution in [1.29, 1.82) is 0 Å². The topological polar surface area (TPSA) is 49.8 Å². The van der Waals surface area contributed by atoms with E-state index in [0.717, 1.165) is 12.0 Å².